The van der Waals surface area contributed by atoms with Crippen molar-refractivity contribution in [2.24, 2.45) is 5.92 Å². The lowest BCUT2D eigenvalue weighted by Crippen LogP contribution is -2.26. The van der Waals surface area contributed by atoms with Gasteiger partial charge < -0.3 is 10.1 Å². The molecular weight excluding hydrogens is 408 g/mol. The molecule has 1 amide bonds. The summed E-state index contributed by atoms with van der Waals surface area (Å²) in [4.78, 5) is 19.8. The number of nitrogens with zero attached hydrogens (tertiary/aromatic N) is 5. The Morgan fingerprint density at radius 2 is 2.13 bits per heavy atom. The summed E-state index contributed by atoms with van der Waals surface area (Å²) in [6.07, 6.45) is 0.928. The van der Waals surface area contributed by atoms with Crippen LogP contribution in [0.2, 0.25) is 0 Å². The lowest BCUT2D eigenvalue weighted by atomic mass is 10.0. The fourth-order valence-electron chi connectivity index (χ4n) is 3.37. The van der Waals surface area contributed by atoms with Gasteiger partial charge in [-0.1, -0.05) is 0 Å². The number of alkyl halides is 4. The zero-order valence-corrected chi connectivity index (χ0v) is 15.8. The molecule has 1 aliphatic heterocycles. The molecule has 12 heteroatoms. The van der Waals surface area contributed by atoms with Crippen LogP contribution in [0.5, 0.6) is 5.88 Å². The minimum Gasteiger partial charge on any atom is -0.473 e. The maximum atomic E-state index is 13.4. The zero-order chi connectivity index (χ0) is 21.4. The van der Waals surface area contributed by atoms with Gasteiger partial charge in [0.05, 0.1) is 17.4 Å². The van der Waals surface area contributed by atoms with Gasteiger partial charge in [-0.05, 0) is 13.0 Å². The van der Waals surface area contributed by atoms with E-state index in [9.17, 15) is 22.4 Å². The minimum absolute atomic E-state index is 0.0119. The molecule has 0 bridgehead atoms. The van der Waals surface area contributed by atoms with E-state index in [1.165, 1.54) is 18.5 Å². The molecule has 1 aliphatic rings. The van der Waals surface area contributed by atoms with Gasteiger partial charge in [0, 0.05) is 30.6 Å². The molecule has 2 unspecified atom stereocenters. The van der Waals surface area contributed by atoms with Crippen molar-refractivity contribution in [1.29, 1.82) is 0 Å². The van der Waals surface area contributed by atoms with Gasteiger partial charge >= 0.3 is 6.55 Å². The van der Waals surface area contributed by atoms with Crippen molar-refractivity contribution in [3.05, 3.63) is 24.8 Å². The normalized spacial score (nSPS) is 17.8. The van der Waals surface area contributed by atoms with E-state index in [1.807, 2.05) is 0 Å². The first kappa shape index (κ1) is 20.1. The van der Waals surface area contributed by atoms with Gasteiger partial charge in [0.1, 0.15) is 24.5 Å². The maximum absolute atomic E-state index is 13.4. The van der Waals surface area contributed by atoms with Crippen molar-refractivity contribution in [2.75, 3.05) is 6.54 Å². The van der Waals surface area contributed by atoms with Crippen molar-refractivity contribution >= 4 is 16.9 Å². The van der Waals surface area contributed by atoms with E-state index in [4.69, 9.17) is 4.74 Å². The quantitative estimate of drug-likeness (QED) is 0.587. The molecular formula is C18H18F4N6O2. The molecule has 3 aromatic rings. The number of amides is 1. The van der Waals surface area contributed by atoms with Crippen LogP contribution in [0.25, 0.3) is 22.3 Å². The molecule has 30 heavy (non-hydrogen) atoms. The van der Waals surface area contributed by atoms with Crippen LogP contribution in [0.15, 0.2) is 24.8 Å². The van der Waals surface area contributed by atoms with Crippen LogP contribution in [-0.4, -0.2) is 49.3 Å². The third kappa shape index (κ3) is 3.94. The number of pyridine rings is 1. The van der Waals surface area contributed by atoms with E-state index in [0.29, 0.717) is 22.4 Å². The Morgan fingerprint density at radius 3 is 2.80 bits per heavy atom. The van der Waals surface area contributed by atoms with Gasteiger partial charge in [-0.15, -0.1) is 0 Å². The summed E-state index contributed by atoms with van der Waals surface area (Å²) in [5.74, 6) is -0.324. The molecule has 4 heterocycles. The van der Waals surface area contributed by atoms with Crippen molar-refractivity contribution in [3.63, 3.8) is 0 Å². The summed E-state index contributed by atoms with van der Waals surface area (Å²) in [6.45, 7) is -1.29. The summed E-state index contributed by atoms with van der Waals surface area (Å²) in [5.41, 5.74) is 0.937. The lowest BCUT2D eigenvalue weighted by molar-refractivity contribution is -0.119. The molecule has 0 aliphatic carbocycles. The van der Waals surface area contributed by atoms with E-state index in [-0.39, 0.29) is 35.2 Å². The Morgan fingerprint density at radius 1 is 1.33 bits per heavy atom. The van der Waals surface area contributed by atoms with Crippen LogP contribution >= 0.6 is 0 Å². The number of nitrogens with one attached hydrogen (secondary N) is 1. The zero-order valence-electron chi connectivity index (χ0n) is 15.8. The highest BCUT2D eigenvalue weighted by atomic mass is 19.3. The second-order valence-electron chi connectivity index (χ2n) is 7.04. The number of hydrogen-bond donors (Lipinski definition) is 1. The van der Waals surface area contributed by atoms with Crippen molar-refractivity contribution in [1.82, 2.24) is 29.6 Å². The second kappa shape index (κ2) is 7.92. The molecule has 0 aromatic carbocycles. The fraction of sp³-hybridized carbons (Fsp3) is 0.444. The highest BCUT2D eigenvalue weighted by Gasteiger charge is 2.29. The van der Waals surface area contributed by atoms with Crippen LogP contribution in [0.1, 0.15) is 19.9 Å². The highest BCUT2D eigenvalue weighted by Crippen LogP contribution is 2.33. The summed E-state index contributed by atoms with van der Waals surface area (Å²) >= 11 is 0. The van der Waals surface area contributed by atoms with Crippen LogP contribution in [0, 0.1) is 5.92 Å². The second-order valence-corrected chi connectivity index (χ2v) is 7.04. The molecule has 1 saturated heterocycles. The number of carbonyl (C=O) groups excluding carboxylic acids is 1. The third-order valence-corrected chi connectivity index (χ3v) is 4.95. The van der Waals surface area contributed by atoms with E-state index in [1.54, 1.807) is 6.92 Å². The SMILES string of the molecule is CC(Oc1nc(-c2cnn(CC(F)F)c2)cc2ncn(C(F)F)c12)C1CNC(=O)C1. The Kier molecular flexibility index (Phi) is 5.31. The predicted molar refractivity (Wildman–Crippen MR) is 97.2 cm³/mol. The van der Waals surface area contributed by atoms with Crippen LogP contribution in [-0.2, 0) is 11.3 Å². The molecule has 1 N–H and O–H groups in total. The van der Waals surface area contributed by atoms with Crippen molar-refractivity contribution < 1.29 is 27.1 Å². The Labute approximate surface area is 167 Å². The number of fused-ring (bicyclic) bond motifs is 1. The fourth-order valence-corrected chi connectivity index (χ4v) is 3.37. The number of rotatable bonds is 7. The molecule has 0 saturated carbocycles. The van der Waals surface area contributed by atoms with Crippen molar-refractivity contribution in [2.45, 2.75) is 39.0 Å². The average Bonchev–Trinajstić information content (AvgIpc) is 3.40. The molecule has 8 nitrogen and oxygen atoms in total. The van der Waals surface area contributed by atoms with Gasteiger partial charge in [-0.25, -0.2) is 18.7 Å². The first-order chi connectivity index (χ1) is 14.3. The standard InChI is InChI=1S/C18H18F4N6O2/c1-9(10-2-15(29)23-4-10)30-17-16-13(24-8-28(16)18(21)22)3-12(26-17)11-5-25-27(6-11)7-14(19)20/h3,5-6,8-10,14,18H,2,4,7H2,1H3,(H,23,29). The Bertz CT molecular complexity index is 1070. The van der Waals surface area contributed by atoms with Gasteiger partial charge in [-0.3, -0.25) is 14.0 Å². The number of ether oxygens (including phenoxy) is 1. The number of hydrogen-bond acceptors (Lipinski definition) is 5. The van der Waals surface area contributed by atoms with Gasteiger partial charge in [0.2, 0.25) is 11.8 Å². The largest absolute Gasteiger partial charge is 0.473 e. The Balaban J connectivity index is 1.73. The van der Waals surface area contributed by atoms with Crippen LogP contribution < -0.4 is 10.1 Å². The number of carbonyl (C=O) groups is 1. The molecule has 0 radical (unpaired) electrons. The molecule has 160 valence electrons. The van der Waals surface area contributed by atoms with Gasteiger partial charge in [0.15, 0.2) is 0 Å². The lowest BCUT2D eigenvalue weighted by Gasteiger charge is -2.20. The monoisotopic (exact) mass is 426 g/mol. The van der Waals surface area contributed by atoms with Crippen LogP contribution in [0.4, 0.5) is 17.6 Å². The molecule has 1 fully saturated rings. The summed E-state index contributed by atoms with van der Waals surface area (Å²) in [6, 6.07) is 1.47. The highest BCUT2D eigenvalue weighted by molar-refractivity contribution is 5.84. The summed E-state index contributed by atoms with van der Waals surface area (Å²) in [7, 11) is 0. The van der Waals surface area contributed by atoms with Gasteiger partial charge in [0.25, 0.3) is 6.43 Å². The van der Waals surface area contributed by atoms with E-state index < -0.39 is 25.6 Å². The maximum Gasteiger partial charge on any atom is 0.320 e. The van der Waals surface area contributed by atoms with E-state index in [0.717, 1.165) is 11.0 Å². The molecule has 4 rings (SSSR count). The minimum atomic E-state index is -2.86. The molecule has 3 aromatic heterocycles. The van der Waals surface area contributed by atoms with E-state index in [2.05, 4.69) is 20.4 Å². The number of aromatic nitrogens is 5. The predicted octanol–water partition coefficient (Wildman–Crippen LogP) is 2.86. The first-order valence-electron chi connectivity index (χ1n) is 9.22. The smallest absolute Gasteiger partial charge is 0.320 e. The average molecular weight is 426 g/mol. The number of halogens is 4. The molecule has 2 atom stereocenters. The Hall–Kier alpha value is -3.18. The first-order valence-corrected chi connectivity index (χ1v) is 9.22. The van der Waals surface area contributed by atoms with Crippen LogP contribution in [0.3, 0.4) is 0 Å². The summed E-state index contributed by atoms with van der Waals surface area (Å²) < 4.78 is 59.7. The molecule has 0 spiro atoms. The van der Waals surface area contributed by atoms with Crippen molar-refractivity contribution in [3.8, 4) is 17.1 Å². The topological polar surface area (TPSA) is 86.9 Å². The summed E-state index contributed by atoms with van der Waals surface area (Å²) in [5, 5.41) is 6.58. The number of imidazole rings is 1. The third-order valence-electron chi connectivity index (χ3n) is 4.95. The van der Waals surface area contributed by atoms with E-state index >= 15 is 0 Å². The van der Waals surface area contributed by atoms with Gasteiger partial charge in [-0.2, -0.15) is 13.9 Å².